The Hall–Kier alpha value is -1.07. The van der Waals surface area contributed by atoms with Gasteiger partial charge in [-0.2, -0.15) is 0 Å². The van der Waals surface area contributed by atoms with E-state index in [4.69, 9.17) is 0 Å². The second-order valence-corrected chi connectivity index (χ2v) is 5.83. The van der Waals surface area contributed by atoms with Crippen LogP contribution in [-0.2, 0) is 17.8 Å². The predicted octanol–water partition coefficient (Wildman–Crippen LogP) is 2.00. The van der Waals surface area contributed by atoms with E-state index in [-0.39, 0.29) is 5.56 Å². The van der Waals surface area contributed by atoms with Gasteiger partial charge < -0.3 is 4.57 Å². The number of nitrogens with zero attached hydrogens (tertiary/aromatic N) is 1. The number of benzene rings is 1. The molecule has 0 N–H and O–H groups in total. The van der Waals surface area contributed by atoms with Crippen LogP contribution in [0.25, 0.3) is 10.9 Å². The van der Waals surface area contributed by atoms with Crippen LogP contribution in [0.5, 0.6) is 0 Å². The van der Waals surface area contributed by atoms with Crippen LogP contribution < -0.4 is 5.56 Å². The predicted molar refractivity (Wildman–Crippen MR) is 73.3 cm³/mol. The van der Waals surface area contributed by atoms with E-state index in [1.54, 1.807) is 17.9 Å². The van der Waals surface area contributed by atoms with Crippen molar-refractivity contribution in [2.45, 2.75) is 9.79 Å². The van der Waals surface area contributed by atoms with E-state index in [1.165, 1.54) is 11.8 Å². The molecular formula is C12H13NO2S2. The smallest absolute Gasteiger partial charge is 0.268 e. The van der Waals surface area contributed by atoms with Crippen LogP contribution in [0.15, 0.2) is 38.9 Å². The molecule has 2 aromatic rings. The van der Waals surface area contributed by atoms with Gasteiger partial charge in [0.25, 0.3) is 5.56 Å². The minimum Gasteiger partial charge on any atom is -0.310 e. The number of thioether (sulfide) groups is 1. The van der Waals surface area contributed by atoms with Gasteiger partial charge in [-0.25, -0.2) is 0 Å². The number of fused-ring (bicyclic) bond motifs is 1. The van der Waals surface area contributed by atoms with Crippen LogP contribution in [0, 0.1) is 0 Å². The van der Waals surface area contributed by atoms with Crippen molar-refractivity contribution in [3.63, 3.8) is 0 Å². The summed E-state index contributed by atoms with van der Waals surface area (Å²) in [6.45, 7) is 0. The monoisotopic (exact) mass is 267 g/mol. The molecule has 0 amide bonds. The zero-order valence-corrected chi connectivity index (χ0v) is 11.5. The van der Waals surface area contributed by atoms with E-state index < -0.39 is 10.8 Å². The molecular weight excluding hydrogens is 254 g/mol. The lowest BCUT2D eigenvalue weighted by atomic mass is 10.2. The average molecular weight is 267 g/mol. The molecule has 0 aliphatic rings. The average Bonchev–Trinajstić information content (AvgIpc) is 2.33. The van der Waals surface area contributed by atoms with E-state index in [2.05, 4.69) is 0 Å². The Kier molecular flexibility index (Phi) is 3.40. The Labute approximate surface area is 106 Å². The maximum absolute atomic E-state index is 12.2. The quantitative estimate of drug-likeness (QED) is 0.781. The van der Waals surface area contributed by atoms with Crippen molar-refractivity contribution in [3.05, 3.63) is 34.6 Å². The van der Waals surface area contributed by atoms with Crippen molar-refractivity contribution in [1.29, 1.82) is 0 Å². The molecule has 0 bridgehead atoms. The van der Waals surface area contributed by atoms with Gasteiger partial charge in [-0.05, 0) is 12.3 Å². The summed E-state index contributed by atoms with van der Waals surface area (Å²) in [6.07, 6.45) is 3.45. The summed E-state index contributed by atoms with van der Waals surface area (Å²) in [7, 11) is 0.441. The van der Waals surface area contributed by atoms with Crippen LogP contribution in [0.3, 0.4) is 0 Å². The van der Waals surface area contributed by atoms with E-state index >= 15 is 0 Å². The van der Waals surface area contributed by atoms with Gasteiger partial charge in [-0.15, -0.1) is 11.8 Å². The van der Waals surface area contributed by atoms with Gasteiger partial charge in [0.1, 0.15) is 4.90 Å². The van der Waals surface area contributed by atoms with Crippen molar-refractivity contribution in [3.8, 4) is 0 Å². The third-order valence-electron chi connectivity index (χ3n) is 2.71. The standard InChI is InChI=1S/C12H13NO2S2/c1-13-9-7-5-4-6-8(9)10(16-2)11(12(13)14)17(3)15/h4-7H,1-3H3. The third-order valence-corrected chi connectivity index (χ3v) is 4.62. The molecule has 3 nitrogen and oxygen atoms in total. The van der Waals surface area contributed by atoms with Gasteiger partial charge in [-0.3, -0.25) is 9.00 Å². The van der Waals surface area contributed by atoms with E-state index in [0.717, 1.165) is 15.8 Å². The third kappa shape index (κ3) is 1.93. The topological polar surface area (TPSA) is 39.1 Å². The summed E-state index contributed by atoms with van der Waals surface area (Å²) >= 11 is 1.47. The molecule has 1 aromatic heterocycles. The molecule has 0 spiro atoms. The lowest BCUT2D eigenvalue weighted by Crippen LogP contribution is -2.23. The molecule has 17 heavy (non-hydrogen) atoms. The molecule has 1 aromatic carbocycles. The van der Waals surface area contributed by atoms with Gasteiger partial charge in [0.15, 0.2) is 0 Å². The summed E-state index contributed by atoms with van der Waals surface area (Å²) in [4.78, 5) is 13.4. The molecule has 1 heterocycles. The molecule has 1 atom stereocenters. The molecule has 2 rings (SSSR count). The maximum atomic E-state index is 12.2. The molecule has 5 heteroatoms. The Morgan fingerprint density at radius 3 is 2.53 bits per heavy atom. The fraction of sp³-hybridized carbons (Fsp3) is 0.250. The highest BCUT2D eigenvalue weighted by Gasteiger charge is 2.16. The highest BCUT2D eigenvalue weighted by Crippen LogP contribution is 2.28. The largest absolute Gasteiger partial charge is 0.310 e. The zero-order valence-electron chi connectivity index (χ0n) is 9.89. The minimum atomic E-state index is -1.27. The van der Waals surface area contributed by atoms with Crippen molar-refractivity contribution in [1.82, 2.24) is 4.57 Å². The van der Waals surface area contributed by atoms with Crippen LogP contribution in [-0.4, -0.2) is 21.3 Å². The van der Waals surface area contributed by atoms with Gasteiger partial charge in [0.2, 0.25) is 0 Å². The molecule has 0 saturated carbocycles. The number of hydrogen-bond donors (Lipinski definition) is 0. The van der Waals surface area contributed by atoms with Gasteiger partial charge in [0, 0.05) is 23.6 Å². The molecule has 1 unspecified atom stereocenters. The van der Waals surface area contributed by atoms with E-state index in [1.807, 2.05) is 30.5 Å². The number of aromatic nitrogens is 1. The number of pyridine rings is 1. The summed E-state index contributed by atoms with van der Waals surface area (Å²) in [5.41, 5.74) is 0.699. The number of rotatable bonds is 2. The van der Waals surface area contributed by atoms with Crippen LogP contribution in [0.2, 0.25) is 0 Å². The van der Waals surface area contributed by atoms with Crippen molar-refractivity contribution in [2.75, 3.05) is 12.5 Å². The van der Waals surface area contributed by atoms with E-state index in [0.29, 0.717) is 4.90 Å². The molecule has 0 radical (unpaired) electrons. The number of aryl methyl sites for hydroxylation is 1. The van der Waals surface area contributed by atoms with Crippen LogP contribution in [0.1, 0.15) is 0 Å². The van der Waals surface area contributed by atoms with Crippen molar-refractivity contribution < 1.29 is 4.21 Å². The first-order chi connectivity index (χ1) is 8.07. The van der Waals surface area contributed by atoms with Crippen LogP contribution >= 0.6 is 11.8 Å². The molecule has 0 aliphatic heterocycles. The maximum Gasteiger partial charge on any atom is 0.268 e. The van der Waals surface area contributed by atoms with Crippen molar-refractivity contribution >= 4 is 33.5 Å². The van der Waals surface area contributed by atoms with E-state index in [9.17, 15) is 9.00 Å². The fourth-order valence-electron chi connectivity index (χ4n) is 1.90. The second-order valence-electron chi connectivity index (χ2n) is 3.70. The van der Waals surface area contributed by atoms with Crippen molar-refractivity contribution in [2.24, 2.45) is 7.05 Å². The van der Waals surface area contributed by atoms with Gasteiger partial charge >= 0.3 is 0 Å². The normalized spacial score (nSPS) is 12.9. The first kappa shape index (κ1) is 12.4. The molecule has 0 saturated heterocycles. The van der Waals surface area contributed by atoms with Gasteiger partial charge in [0.05, 0.1) is 16.3 Å². The van der Waals surface area contributed by atoms with Gasteiger partial charge in [-0.1, -0.05) is 18.2 Å². The molecule has 0 aliphatic carbocycles. The fourth-order valence-corrected chi connectivity index (χ4v) is 3.92. The second kappa shape index (κ2) is 4.66. The summed E-state index contributed by atoms with van der Waals surface area (Å²) in [6, 6.07) is 7.68. The first-order valence-electron chi connectivity index (χ1n) is 5.07. The Morgan fingerprint density at radius 2 is 1.94 bits per heavy atom. The number of hydrogen-bond acceptors (Lipinski definition) is 3. The SMILES string of the molecule is CSc1c(S(C)=O)c(=O)n(C)c2ccccc12. The number of para-hydroxylation sites is 1. The molecule has 0 fully saturated rings. The highest BCUT2D eigenvalue weighted by molar-refractivity contribution is 7.99. The summed E-state index contributed by atoms with van der Waals surface area (Å²) in [5, 5.41) is 0.979. The Morgan fingerprint density at radius 1 is 1.29 bits per heavy atom. The lowest BCUT2D eigenvalue weighted by molar-refractivity contribution is 0.682. The Bertz CT molecular complexity index is 661. The summed E-state index contributed by atoms with van der Waals surface area (Å²) < 4.78 is 13.3. The highest BCUT2D eigenvalue weighted by atomic mass is 32.2. The molecule has 90 valence electrons. The zero-order chi connectivity index (χ0) is 12.6. The van der Waals surface area contributed by atoms with Crippen LogP contribution in [0.4, 0.5) is 0 Å². The lowest BCUT2D eigenvalue weighted by Gasteiger charge is -2.12. The first-order valence-corrected chi connectivity index (χ1v) is 7.85. The minimum absolute atomic E-state index is 0.172. The summed E-state index contributed by atoms with van der Waals surface area (Å²) in [5.74, 6) is 0. The Balaban J connectivity index is 3.06.